The second-order valence-electron chi connectivity index (χ2n) is 8.01. The quantitative estimate of drug-likeness (QED) is 0.445. The summed E-state index contributed by atoms with van der Waals surface area (Å²) in [4.78, 5) is 14.7. The second-order valence-corrected chi connectivity index (χ2v) is 10.4. The van der Waals surface area contributed by atoms with Crippen LogP contribution in [0.25, 0.3) is 6.08 Å². The molecule has 2 saturated heterocycles. The van der Waals surface area contributed by atoms with Crippen LogP contribution in [0.1, 0.15) is 5.56 Å². The molecule has 2 aliphatic rings. The first kappa shape index (κ1) is 25.3. The average Bonchev–Trinajstić information content (AvgIpc) is 2.89. The van der Waals surface area contributed by atoms with Crippen molar-refractivity contribution >= 4 is 50.7 Å². The molecular formula is C24H28N4O5S2. The Morgan fingerprint density at radius 1 is 0.886 bits per heavy atom. The van der Waals surface area contributed by atoms with Crippen molar-refractivity contribution < 1.29 is 22.7 Å². The van der Waals surface area contributed by atoms with E-state index in [2.05, 4.69) is 15.5 Å². The number of sulfonamides is 1. The van der Waals surface area contributed by atoms with Crippen LogP contribution in [0.2, 0.25) is 0 Å². The van der Waals surface area contributed by atoms with Crippen molar-refractivity contribution in [2.45, 2.75) is 4.90 Å². The predicted molar refractivity (Wildman–Crippen MR) is 139 cm³/mol. The standard InChI is InChI=1S/C24H28N4O5S2/c29-23(26-24(34)25-20-4-6-21(7-5-20)27-11-15-32-16-12-27)10-3-19-1-8-22(9-2-19)35(30,31)28-13-17-33-18-14-28/h1-10H,11-18H2,(H2,25,26,29,34). The Bertz CT molecular complexity index is 1160. The summed E-state index contributed by atoms with van der Waals surface area (Å²) in [5, 5.41) is 5.79. The number of carbonyl (C=O) groups is 1. The molecule has 186 valence electrons. The van der Waals surface area contributed by atoms with E-state index in [0.29, 0.717) is 31.9 Å². The monoisotopic (exact) mass is 516 g/mol. The van der Waals surface area contributed by atoms with Gasteiger partial charge in [-0.05, 0) is 60.3 Å². The normalized spacial score (nSPS) is 17.3. The molecule has 0 aliphatic carbocycles. The molecule has 0 radical (unpaired) electrons. The lowest BCUT2D eigenvalue weighted by molar-refractivity contribution is -0.115. The van der Waals surface area contributed by atoms with Crippen molar-refractivity contribution in [3.8, 4) is 0 Å². The van der Waals surface area contributed by atoms with Gasteiger partial charge in [0.2, 0.25) is 15.9 Å². The molecule has 0 aromatic heterocycles. The van der Waals surface area contributed by atoms with Gasteiger partial charge in [0, 0.05) is 43.6 Å². The Hall–Kier alpha value is -2.83. The maximum Gasteiger partial charge on any atom is 0.250 e. The number of hydrogen-bond acceptors (Lipinski definition) is 7. The molecule has 2 aromatic carbocycles. The third kappa shape index (κ3) is 6.86. The van der Waals surface area contributed by atoms with Gasteiger partial charge < -0.3 is 19.7 Å². The molecule has 35 heavy (non-hydrogen) atoms. The van der Waals surface area contributed by atoms with Crippen LogP contribution in [-0.4, -0.2) is 76.3 Å². The fourth-order valence-corrected chi connectivity index (χ4v) is 5.38. The summed E-state index contributed by atoms with van der Waals surface area (Å²) in [6.07, 6.45) is 2.95. The van der Waals surface area contributed by atoms with E-state index in [4.69, 9.17) is 21.7 Å². The van der Waals surface area contributed by atoms with E-state index < -0.39 is 15.9 Å². The van der Waals surface area contributed by atoms with E-state index in [0.717, 1.165) is 37.7 Å². The maximum atomic E-state index is 12.7. The second kappa shape index (κ2) is 11.7. The van der Waals surface area contributed by atoms with Gasteiger partial charge in [0.05, 0.1) is 31.3 Å². The van der Waals surface area contributed by atoms with Gasteiger partial charge >= 0.3 is 0 Å². The van der Waals surface area contributed by atoms with E-state index in [1.807, 2.05) is 24.3 Å². The van der Waals surface area contributed by atoms with Gasteiger partial charge in [-0.1, -0.05) is 12.1 Å². The number of carbonyl (C=O) groups excluding carboxylic acids is 1. The zero-order valence-electron chi connectivity index (χ0n) is 19.2. The molecule has 0 unspecified atom stereocenters. The summed E-state index contributed by atoms with van der Waals surface area (Å²) in [6, 6.07) is 14.2. The highest BCUT2D eigenvalue weighted by atomic mass is 32.2. The van der Waals surface area contributed by atoms with Gasteiger partial charge in [0.1, 0.15) is 0 Å². The van der Waals surface area contributed by atoms with Crippen molar-refractivity contribution in [1.29, 1.82) is 0 Å². The molecule has 0 bridgehead atoms. The predicted octanol–water partition coefficient (Wildman–Crippen LogP) is 2.07. The summed E-state index contributed by atoms with van der Waals surface area (Å²) in [7, 11) is -3.55. The number of hydrogen-bond donors (Lipinski definition) is 2. The highest BCUT2D eigenvalue weighted by Gasteiger charge is 2.26. The SMILES string of the molecule is O=C(C=Cc1ccc(S(=O)(=O)N2CCOCC2)cc1)NC(=S)Nc1ccc(N2CCOCC2)cc1. The van der Waals surface area contributed by atoms with Crippen molar-refractivity contribution in [3.63, 3.8) is 0 Å². The fraction of sp³-hybridized carbons (Fsp3) is 0.333. The van der Waals surface area contributed by atoms with Crippen LogP contribution in [0.15, 0.2) is 59.5 Å². The van der Waals surface area contributed by atoms with Crippen LogP contribution in [0.5, 0.6) is 0 Å². The largest absolute Gasteiger partial charge is 0.379 e. The number of anilines is 2. The molecule has 2 heterocycles. The Labute approximate surface area is 210 Å². The van der Waals surface area contributed by atoms with E-state index in [9.17, 15) is 13.2 Å². The number of nitrogens with one attached hydrogen (secondary N) is 2. The number of ether oxygens (including phenoxy) is 2. The summed E-state index contributed by atoms with van der Waals surface area (Å²) >= 11 is 5.24. The molecule has 2 aromatic rings. The minimum absolute atomic E-state index is 0.186. The average molecular weight is 517 g/mol. The number of morpholine rings is 2. The zero-order valence-corrected chi connectivity index (χ0v) is 20.8. The lowest BCUT2D eigenvalue weighted by Gasteiger charge is -2.28. The van der Waals surface area contributed by atoms with Crippen LogP contribution in [0, 0.1) is 0 Å². The smallest absolute Gasteiger partial charge is 0.250 e. The summed E-state index contributed by atoms with van der Waals surface area (Å²) in [5.41, 5.74) is 2.58. The van der Waals surface area contributed by atoms with Crippen LogP contribution in [0.3, 0.4) is 0 Å². The highest BCUT2D eigenvalue weighted by Crippen LogP contribution is 2.20. The van der Waals surface area contributed by atoms with E-state index >= 15 is 0 Å². The van der Waals surface area contributed by atoms with Gasteiger partial charge in [-0.15, -0.1) is 0 Å². The van der Waals surface area contributed by atoms with Crippen molar-refractivity contribution in [1.82, 2.24) is 9.62 Å². The third-order valence-electron chi connectivity index (χ3n) is 5.65. The number of rotatable bonds is 6. The van der Waals surface area contributed by atoms with Crippen molar-refractivity contribution in [2.75, 3.05) is 62.8 Å². The molecule has 1 amide bonds. The lowest BCUT2D eigenvalue weighted by atomic mass is 10.2. The molecule has 0 saturated carbocycles. The summed E-state index contributed by atoms with van der Waals surface area (Å²) in [5.74, 6) is -0.391. The number of amides is 1. The molecule has 9 nitrogen and oxygen atoms in total. The van der Waals surface area contributed by atoms with Crippen LogP contribution in [0.4, 0.5) is 11.4 Å². The van der Waals surface area contributed by atoms with Gasteiger partial charge in [0.25, 0.3) is 0 Å². The van der Waals surface area contributed by atoms with Gasteiger partial charge in [-0.2, -0.15) is 4.31 Å². The highest BCUT2D eigenvalue weighted by molar-refractivity contribution is 7.89. The van der Waals surface area contributed by atoms with Crippen LogP contribution < -0.4 is 15.5 Å². The molecule has 4 rings (SSSR count). The molecule has 2 N–H and O–H groups in total. The van der Waals surface area contributed by atoms with Crippen LogP contribution >= 0.6 is 12.2 Å². The number of thiocarbonyl (C=S) groups is 1. The molecule has 11 heteroatoms. The minimum atomic E-state index is -3.55. The maximum absolute atomic E-state index is 12.7. The van der Waals surface area contributed by atoms with Crippen LogP contribution in [-0.2, 0) is 24.3 Å². The molecule has 0 atom stereocenters. The van der Waals surface area contributed by atoms with E-state index in [1.165, 1.54) is 22.5 Å². The van der Waals surface area contributed by atoms with Gasteiger partial charge in [-0.25, -0.2) is 8.42 Å². The summed E-state index contributed by atoms with van der Waals surface area (Å²) in [6.45, 7) is 4.64. The van der Waals surface area contributed by atoms with Crippen molar-refractivity contribution in [3.05, 3.63) is 60.2 Å². The lowest BCUT2D eigenvalue weighted by Crippen LogP contribution is -2.40. The topological polar surface area (TPSA) is 100 Å². The number of benzene rings is 2. The van der Waals surface area contributed by atoms with E-state index in [1.54, 1.807) is 18.2 Å². The van der Waals surface area contributed by atoms with Crippen molar-refractivity contribution in [2.24, 2.45) is 0 Å². The minimum Gasteiger partial charge on any atom is -0.379 e. The molecule has 0 spiro atoms. The third-order valence-corrected chi connectivity index (χ3v) is 7.77. The Morgan fingerprint density at radius 2 is 1.49 bits per heavy atom. The molecular weight excluding hydrogens is 488 g/mol. The molecule has 2 fully saturated rings. The summed E-state index contributed by atoms with van der Waals surface area (Å²) < 4.78 is 37.4. The first-order valence-electron chi connectivity index (χ1n) is 11.3. The first-order chi connectivity index (χ1) is 16.9. The fourth-order valence-electron chi connectivity index (χ4n) is 3.75. The Morgan fingerprint density at radius 3 is 2.11 bits per heavy atom. The first-order valence-corrected chi connectivity index (χ1v) is 13.2. The van der Waals surface area contributed by atoms with E-state index in [-0.39, 0.29) is 10.0 Å². The Kier molecular flexibility index (Phi) is 8.47. The zero-order chi connectivity index (χ0) is 24.7. The van der Waals surface area contributed by atoms with Gasteiger partial charge in [0.15, 0.2) is 5.11 Å². The Balaban J connectivity index is 1.27. The number of nitrogens with zero attached hydrogens (tertiary/aromatic N) is 2. The molecule has 2 aliphatic heterocycles. The van der Waals surface area contributed by atoms with Gasteiger partial charge in [-0.3, -0.25) is 10.1 Å².